The number of amides is 2. The van der Waals surface area contributed by atoms with Crippen LogP contribution in [0, 0.1) is 5.92 Å². The third-order valence-corrected chi connectivity index (χ3v) is 3.65. The van der Waals surface area contributed by atoms with Crippen LogP contribution in [0.25, 0.3) is 0 Å². The van der Waals surface area contributed by atoms with Crippen LogP contribution in [0.1, 0.15) is 39.0 Å². The number of urea groups is 1. The molecule has 2 aliphatic rings. The van der Waals surface area contributed by atoms with Crippen molar-refractivity contribution < 1.29 is 14.7 Å². The molecule has 2 N–H and O–H groups in total. The van der Waals surface area contributed by atoms with Gasteiger partial charge in [0.15, 0.2) is 0 Å². The lowest BCUT2D eigenvalue weighted by Crippen LogP contribution is -2.56. The highest BCUT2D eigenvalue weighted by atomic mass is 16.4. The lowest BCUT2D eigenvalue weighted by molar-refractivity contribution is -0.137. The Kier molecular flexibility index (Phi) is 3.26. The second-order valence-corrected chi connectivity index (χ2v) is 5.56. The van der Waals surface area contributed by atoms with E-state index in [4.69, 9.17) is 5.11 Å². The molecule has 2 amide bonds. The van der Waals surface area contributed by atoms with Gasteiger partial charge in [-0.3, -0.25) is 4.79 Å². The fourth-order valence-corrected chi connectivity index (χ4v) is 2.16. The highest BCUT2D eigenvalue weighted by molar-refractivity contribution is 5.80. The smallest absolute Gasteiger partial charge is 0.323 e. The molecule has 0 heterocycles. The number of hydrogen-bond donors (Lipinski definition) is 2. The minimum absolute atomic E-state index is 0.114. The first-order chi connectivity index (χ1) is 7.98. The van der Waals surface area contributed by atoms with Crippen LogP contribution in [0.2, 0.25) is 0 Å². The van der Waals surface area contributed by atoms with Crippen LogP contribution in [0.3, 0.4) is 0 Å². The maximum absolute atomic E-state index is 12.0. The molecule has 0 bridgehead atoms. The fraction of sp³-hybridized carbons (Fsp3) is 0.833. The molecule has 0 spiro atoms. The molecule has 0 aromatic heterocycles. The van der Waals surface area contributed by atoms with E-state index in [-0.39, 0.29) is 18.1 Å². The predicted octanol–water partition coefficient (Wildman–Crippen LogP) is 1.44. The minimum Gasteiger partial charge on any atom is -0.480 e. The lowest BCUT2D eigenvalue weighted by Gasteiger charge is -2.40. The van der Waals surface area contributed by atoms with Crippen molar-refractivity contribution in [3.63, 3.8) is 0 Å². The van der Waals surface area contributed by atoms with Gasteiger partial charge in [-0.05, 0) is 44.9 Å². The molecule has 2 saturated carbocycles. The van der Waals surface area contributed by atoms with E-state index < -0.39 is 5.97 Å². The largest absolute Gasteiger partial charge is 0.480 e. The first-order valence-electron chi connectivity index (χ1n) is 6.27. The van der Waals surface area contributed by atoms with E-state index in [1.54, 1.807) is 0 Å². The highest BCUT2D eigenvalue weighted by Crippen LogP contribution is 2.32. The van der Waals surface area contributed by atoms with Crippen molar-refractivity contribution in [1.82, 2.24) is 10.2 Å². The first-order valence-corrected chi connectivity index (χ1v) is 6.27. The molecule has 0 saturated heterocycles. The van der Waals surface area contributed by atoms with Gasteiger partial charge in [-0.25, -0.2) is 4.79 Å². The van der Waals surface area contributed by atoms with Crippen LogP contribution in [0.5, 0.6) is 0 Å². The molecular formula is C12H20N2O3. The Morgan fingerprint density at radius 3 is 2.47 bits per heavy atom. The summed E-state index contributed by atoms with van der Waals surface area (Å²) in [4.78, 5) is 24.2. The zero-order valence-electron chi connectivity index (χ0n) is 10.2. The Morgan fingerprint density at radius 2 is 2.06 bits per heavy atom. The number of carboxylic acid groups (broad SMARTS) is 1. The van der Waals surface area contributed by atoms with Gasteiger partial charge in [0.05, 0.1) is 0 Å². The zero-order valence-corrected chi connectivity index (χ0v) is 10.2. The third kappa shape index (κ3) is 3.35. The summed E-state index contributed by atoms with van der Waals surface area (Å²) < 4.78 is 0. The van der Waals surface area contributed by atoms with E-state index in [1.807, 2.05) is 6.92 Å². The van der Waals surface area contributed by atoms with Crippen molar-refractivity contribution in [1.29, 1.82) is 0 Å². The van der Waals surface area contributed by atoms with Crippen LogP contribution in [0.15, 0.2) is 0 Å². The van der Waals surface area contributed by atoms with Crippen LogP contribution in [0.4, 0.5) is 4.79 Å². The number of carbonyl (C=O) groups is 2. The van der Waals surface area contributed by atoms with E-state index in [1.165, 1.54) is 4.90 Å². The third-order valence-electron chi connectivity index (χ3n) is 3.65. The zero-order chi connectivity index (χ0) is 12.5. The summed E-state index contributed by atoms with van der Waals surface area (Å²) in [6.07, 6.45) is 5.34. The van der Waals surface area contributed by atoms with Gasteiger partial charge in [0.25, 0.3) is 0 Å². The summed E-state index contributed by atoms with van der Waals surface area (Å²) in [5.41, 5.74) is -0.114. The van der Waals surface area contributed by atoms with E-state index >= 15 is 0 Å². The molecule has 2 rings (SSSR count). The molecule has 96 valence electrons. The Labute approximate surface area is 101 Å². The van der Waals surface area contributed by atoms with Crippen molar-refractivity contribution in [3.8, 4) is 0 Å². The molecule has 0 aromatic carbocycles. The topological polar surface area (TPSA) is 69.6 Å². The molecule has 0 unspecified atom stereocenters. The van der Waals surface area contributed by atoms with E-state index in [9.17, 15) is 9.59 Å². The molecule has 0 aliphatic heterocycles. The van der Waals surface area contributed by atoms with Crippen LogP contribution in [-0.4, -0.2) is 40.6 Å². The quantitative estimate of drug-likeness (QED) is 0.764. The maximum Gasteiger partial charge on any atom is 0.323 e. The Hall–Kier alpha value is -1.26. The summed E-state index contributed by atoms with van der Waals surface area (Å²) in [7, 11) is 0. The summed E-state index contributed by atoms with van der Waals surface area (Å²) >= 11 is 0. The Bertz CT molecular complexity index is 322. The number of nitrogens with zero attached hydrogens (tertiary/aromatic N) is 1. The monoisotopic (exact) mass is 240 g/mol. The summed E-state index contributed by atoms with van der Waals surface area (Å²) in [5, 5.41) is 11.8. The van der Waals surface area contributed by atoms with Gasteiger partial charge in [0, 0.05) is 12.1 Å². The molecular weight excluding hydrogens is 220 g/mol. The van der Waals surface area contributed by atoms with Gasteiger partial charge in [0.2, 0.25) is 0 Å². The van der Waals surface area contributed by atoms with Crippen molar-refractivity contribution in [2.45, 2.75) is 44.6 Å². The van der Waals surface area contributed by atoms with Gasteiger partial charge in [-0.1, -0.05) is 0 Å². The van der Waals surface area contributed by atoms with Crippen molar-refractivity contribution in [3.05, 3.63) is 0 Å². The summed E-state index contributed by atoms with van der Waals surface area (Å²) in [6, 6.07) is -0.221. The van der Waals surface area contributed by atoms with Crippen LogP contribution >= 0.6 is 0 Å². The van der Waals surface area contributed by atoms with E-state index in [2.05, 4.69) is 5.32 Å². The van der Waals surface area contributed by atoms with Gasteiger partial charge < -0.3 is 15.3 Å². The molecule has 0 atom stereocenters. The number of hydrogen-bond acceptors (Lipinski definition) is 2. The second-order valence-electron chi connectivity index (χ2n) is 5.56. The standard InChI is InChI=1S/C12H20N2O3/c1-12(5-2-6-12)13-11(17)14(8-10(15)16)7-9-3-4-9/h9H,2-8H2,1H3,(H,13,17)(H,15,16). The van der Waals surface area contributed by atoms with Gasteiger partial charge >= 0.3 is 12.0 Å². The molecule has 5 nitrogen and oxygen atoms in total. The fourth-order valence-electron chi connectivity index (χ4n) is 2.16. The van der Waals surface area contributed by atoms with E-state index in [0.717, 1.165) is 32.1 Å². The number of carboxylic acids is 1. The summed E-state index contributed by atoms with van der Waals surface area (Å²) in [6.45, 7) is 2.40. The molecule has 2 aliphatic carbocycles. The number of nitrogens with one attached hydrogen (secondary N) is 1. The lowest BCUT2D eigenvalue weighted by atomic mass is 9.79. The molecule has 2 fully saturated rings. The number of rotatable bonds is 5. The normalized spacial score (nSPS) is 21.5. The van der Waals surface area contributed by atoms with Gasteiger partial charge in [-0.2, -0.15) is 0 Å². The van der Waals surface area contributed by atoms with Crippen LogP contribution in [-0.2, 0) is 4.79 Å². The minimum atomic E-state index is -0.945. The van der Waals surface area contributed by atoms with Crippen molar-refractivity contribution in [2.75, 3.05) is 13.1 Å². The molecule has 17 heavy (non-hydrogen) atoms. The molecule has 0 aromatic rings. The molecule has 0 radical (unpaired) electrons. The van der Waals surface area contributed by atoms with Crippen molar-refractivity contribution in [2.24, 2.45) is 5.92 Å². The Morgan fingerprint density at radius 1 is 1.41 bits per heavy atom. The maximum atomic E-state index is 12.0. The van der Waals surface area contributed by atoms with Crippen LogP contribution < -0.4 is 5.32 Å². The number of aliphatic carboxylic acids is 1. The number of carbonyl (C=O) groups excluding carboxylic acids is 1. The van der Waals surface area contributed by atoms with E-state index in [0.29, 0.717) is 12.5 Å². The molecule has 5 heteroatoms. The SMILES string of the molecule is CC1(NC(=O)N(CC(=O)O)CC2CC2)CCC1. The van der Waals surface area contributed by atoms with Crippen molar-refractivity contribution >= 4 is 12.0 Å². The second kappa shape index (κ2) is 4.55. The highest BCUT2D eigenvalue weighted by Gasteiger charge is 2.36. The van der Waals surface area contributed by atoms with Gasteiger partial charge in [0.1, 0.15) is 6.54 Å². The Balaban J connectivity index is 1.88. The van der Waals surface area contributed by atoms with Gasteiger partial charge in [-0.15, -0.1) is 0 Å². The average Bonchev–Trinajstić information content (AvgIpc) is 2.97. The summed E-state index contributed by atoms with van der Waals surface area (Å²) in [5.74, 6) is -0.436. The predicted molar refractivity (Wildman–Crippen MR) is 62.7 cm³/mol. The first kappa shape index (κ1) is 12.2. The average molecular weight is 240 g/mol.